The van der Waals surface area contributed by atoms with Crippen LogP contribution >= 0.6 is 0 Å². The van der Waals surface area contributed by atoms with Crippen molar-refractivity contribution in [2.24, 2.45) is 0 Å². The molecule has 13 heteroatoms. The second kappa shape index (κ2) is 13.2. The summed E-state index contributed by atoms with van der Waals surface area (Å²) in [6.45, 7) is 2.55. The molecule has 3 aromatic carbocycles. The van der Waals surface area contributed by atoms with Gasteiger partial charge in [0.25, 0.3) is 11.8 Å². The first kappa shape index (κ1) is 28.6. The molecule has 1 fully saturated rings. The van der Waals surface area contributed by atoms with E-state index in [0.717, 1.165) is 12.1 Å². The van der Waals surface area contributed by atoms with E-state index in [4.69, 9.17) is 4.74 Å². The van der Waals surface area contributed by atoms with Gasteiger partial charge in [0.15, 0.2) is 0 Å². The number of carbonyl (C=O) groups excluding carboxylic acids is 2. The van der Waals surface area contributed by atoms with Gasteiger partial charge in [0.1, 0.15) is 17.3 Å². The first-order valence-corrected chi connectivity index (χ1v) is 13.3. The van der Waals surface area contributed by atoms with Crippen LogP contribution in [0, 0.1) is 11.6 Å². The van der Waals surface area contributed by atoms with E-state index in [1.54, 1.807) is 47.5 Å². The highest BCUT2D eigenvalue weighted by Gasteiger charge is 2.21. The summed E-state index contributed by atoms with van der Waals surface area (Å²) < 4.78 is 33.9. The van der Waals surface area contributed by atoms with Crippen LogP contribution in [-0.2, 0) is 11.3 Å². The summed E-state index contributed by atoms with van der Waals surface area (Å²) in [5.74, 6) is -2.46. The largest absolute Gasteiger partial charge is 0.395 e. The maximum absolute atomic E-state index is 13.5. The molecule has 0 spiro atoms. The second-order valence-electron chi connectivity index (χ2n) is 9.49. The molecule has 1 aliphatic heterocycles. The Hall–Kier alpha value is -4.88. The number of benzene rings is 3. The van der Waals surface area contributed by atoms with Gasteiger partial charge in [-0.3, -0.25) is 9.59 Å². The Labute approximate surface area is 240 Å². The molecular formula is C29H29F2N7O4. The summed E-state index contributed by atoms with van der Waals surface area (Å²) in [4.78, 5) is 27.5. The molecule has 2 heterocycles. The number of aliphatic hydroxyl groups excluding tert-OH is 1. The number of nitrogens with zero attached hydrogens (tertiary/aromatic N) is 4. The highest BCUT2D eigenvalue weighted by atomic mass is 19.1. The fraction of sp³-hybridized carbons (Fsp3) is 0.241. The highest BCUT2D eigenvalue weighted by molar-refractivity contribution is 6.04. The van der Waals surface area contributed by atoms with Crippen molar-refractivity contribution in [3.63, 3.8) is 0 Å². The van der Waals surface area contributed by atoms with Crippen molar-refractivity contribution in [2.75, 3.05) is 55.4 Å². The number of nitrogens with one attached hydrogen (secondary N) is 3. The van der Waals surface area contributed by atoms with Crippen LogP contribution in [0.3, 0.4) is 0 Å². The fourth-order valence-corrected chi connectivity index (χ4v) is 4.43. The SMILES string of the molecule is O=C(Nc1cccc(-n2cc(CNc3ccc(NCCO)c(C(=O)N4CCOCC4)c3)nn2)c1)c1cc(F)cc(F)c1. The maximum atomic E-state index is 13.5. The zero-order valence-electron chi connectivity index (χ0n) is 22.5. The van der Waals surface area contributed by atoms with Gasteiger partial charge in [-0.05, 0) is 48.5 Å². The van der Waals surface area contributed by atoms with Gasteiger partial charge in [-0.2, -0.15) is 0 Å². The minimum absolute atomic E-state index is 0.0664. The summed E-state index contributed by atoms with van der Waals surface area (Å²) in [6, 6.07) is 14.8. The van der Waals surface area contributed by atoms with Crippen LogP contribution in [0.2, 0.25) is 0 Å². The molecule has 4 N–H and O–H groups in total. The molecular weight excluding hydrogens is 548 g/mol. The van der Waals surface area contributed by atoms with Gasteiger partial charge in [-0.25, -0.2) is 13.5 Å². The summed E-state index contributed by atoms with van der Waals surface area (Å²) in [5.41, 5.74) is 3.31. The molecule has 1 saturated heterocycles. The lowest BCUT2D eigenvalue weighted by molar-refractivity contribution is 0.0303. The molecule has 0 aliphatic carbocycles. The number of ether oxygens (including phenoxy) is 1. The first-order chi connectivity index (χ1) is 20.4. The Morgan fingerprint density at radius 1 is 0.952 bits per heavy atom. The predicted octanol–water partition coefficient (Wildman–Crippen LogP) is 3.29. The van der Waals surface area contributed by atoms with E-state index in [1.165, 1.54) is 4.68 Å². The van der Waals surface area contributed by atoms with E-state index in [1.807, 2.05) is 6.07 Å². The molecule has 0 atom stereocenters. The number of carbonyl (C=O) groups is 2. The van der Waals surface area contributed by atoms with Gasteiger partial charge in [0.05, 0.1) is 43.8 Å². The van der Waals surface area contributed by atoms with E-state index >= 15 is 0 Å². The molecule has 1 aromatic heterocycles. The molecule has 5 rings (SSSR count). The second-order valence-corrected chi connectivity index (χ2v) is 9.49. The third-order valence-electron chi connectivity index (χ3n) is 6.48. The first-order valence-electron chi connectivity index (χ1n) is 13.3. The minimum atomic E-state index is -0.841. The van der Waals surface area contributed by atoms with Crippen LogP contribution in [0.15, 0.2) is 66.9 Å². The van der Waals surface area contributed by atoms with E-state index in [0.29, 0.717) is 79.5 Å². The Kier molecular flexibility index (Phi) is 8.99. The molecule has 0 unspecified atom stereocenters. The van der Waals surface area contributed by atoms with E-state index in [2.05, 4.69) is 26.3 Å². The van der Waals surface area contributed by atoms with Gasteiger partial charge < -0.3 is 30.7 Å². The minimum Gasteiger partial charge on any atom is -0.395 e. The number of hydrogen-bond donors (Lipinski definition) is 4. The van der Waals surface area contributed by atoms with Crippen LogP contribution in [0.25, 0.3) is 5.69 Å². The van der Waals surface area contributed by atoms with Crippen molar-refractivity contribution in [3.05, 3.63) is 95.3 Å². The van der Waals surface area contributed by atoms with Gasteiger partial charge in [0.2, 0.25) is 0 Å². The Balaban J connectivity index is 1.26. The molecule has 0 bridgehead atoms. The zero-order chi connectivity index (χ0) is 29.5. The molecule has 1 aliphatic rings. The van der Waals surface area contributed by atoms with Gasteiger partial charge in [-0.1, -0.05) is 11.3 Å². The van der Waals surface area contributed by atoms with E-state index in [-0.39, 0.29) is 18.1 Å². The number of aromatic nitrogens is 3. The standard InChI is InChI=1S/C29H29F2N7O4/c30-20-12-19(13-21(31)14-20)28(40)34-23-2-1-3-25(15-23)38-18-24(35-36-38)17-33-22-4-5-27(32-6-9-39)26(16-22)29(41)37-7-10-42-11-8-37/h1-5,12-16,18,32-33,39H,6-11,17H2,(H,34,40). The van der Waals surface area contributed by atoms with Crippen molar-refractivity contribution in [1.82, 2.24) is 19.9 Å². The van der Waals surface area contributed by atoms with Crippen molar-refractivity contribution in [1.29, 1.82) is 0 Å². The van der Waals surface area contributed by atoms with Crippen LogP contribution in [-0.4, -0.2) is 76.3 Å². The zero-order valence-corrected chi connectivity index (χ0v) is 22.5. The normalized spacial score (nSPS) is 13.1. The lowest BCUT2D eigenvalue weighted by Crippen LogP contribution is -2.41. The van der Waals surface area contributed by atoms with Gasteiger partial charge in [-0.15, -0.1) is 5.10 Å². The summed E-state index contributed by atoms with van der Waals surface area (Å²) in [7, 11) is 0. The molecule has 2 amide bonds. The van der Waals surface area contributed by atoms with Gasteiger partial charge >= 0.3 is 0 Å². The lowest BCUT2D eigenvalue weighted by atomic mass is 10.1. The third-order valence-corrected chi connectivity index (χ3v) is 6.48. The monoisotopic (exact) mass is 577 g/mol. The summed E-state index contributed by atoms with van der Waals surface area (Å²) >= 11 is 0. The number of anilines is 3. The molecule has 0 radical (unpaired) electrons. The highest BCUT2D eigenvalue weighted by Crippen LogP contribution is 2.24. The van der Waals surface area contributed by atoms with E-state index in [9.17, 15) is 23.5 Å². The van der Waals surface area contributed by atoms with Crippen molar-refractivity contribution >= 4 is 28.9 Å². The Bertz CT molecular complexity index is 1550. The van der Waals surface area contributed by atoms with Crippen molar-refractivity contribution in [2.45, 2.75) is 6.54 Å². The summed E-state index contributed by atoms with van der Waals surface area (Å²) in [6.07, 6.45) is 1.72. The Morgan fingerprint density at radius 3 is 2.50 bits per heavy atom. The number of amides is 2. The predicted molar refractivity (Wildman–Crippen MR) is 152 cm³/mol. The molecule has 11 nitrogen and oxygen atoms in total. The smallest absolute Gasteiger partial charge is 0.256 e. The molecule has 218 valence electrons. The number of morpholine rings is 1. The van der Waals surface area contributed by atoms with Crippen molar-refractivity contribution in [3.8, 4) is 5.69 Å². The Morgan fingerprint density at radius 2 is 1.74 bits per heavy atom. The lowest BCUT2D eigenvalue weighted by Gasteiger charge is -2.28. The average molecular weight is 578 g/mol. The number of rotatable bonds is 10. The fourth-order valence-electron chi connectivity index (χ4n) is 4.43. The van der Waals surface area contributed by atoms with Crippen LogP contribution in [0.5, 0.6) is 0 Å². The molecule has 42 heavy (non-hydrogen) atoms. The number of aliphatic hydroxyl groups is 1. The van der Waals surface area contributed by atoms with Crippen LogP contribution in [0.1, 0.15) is 26.4 Å². The topological polar surface area (TPSA) is 134 Å². The molecule has 0 saturated carbocycles. The van der Waals surface area contributed by atoms with Gasteiger partial charge in [0, 0.05) is 48.3 Å². The van der Waals surface area contributed by atoms with Crippen molar-refractivity contribution < 1.29 is 28.2 Å². The molecule has 4 aromatic rings. The van der Waals surface area contributed by atoms with Crippen LogP contribution < -0.4 is 16.0 Å². The maximum Gasteiger partial charge on any atom is 0.256 e. The number of halogens is 2. The quantitative estimate of drug-likeness (QED) is 0.226. The third kappa shape index (κ3) is 7.06. The number of hydrogen-bond acceptors (Lipinski definition) is 8. The summed E-state index contributed by atoms with van der Waals surface area (Å²) in [5, 5.41) is 26.6. The van der Waals surface area contributed by atoms with E-state index < -0.39 is 17.5 Å². The van der Waals surface area contributed by atoms with Crippen LogP contribution in [0.4, 0.5) is 25.8 Å². The average Bonchev–Trinajstić information content (AvgIpc) is 3.48.